The lowest BCUT2D eigenvalue weighted by Gasteiger charge is -2.30. The molecule has 0 bridgehead atoms. The highest BCUT2D eigenvalue weighted by Crippen LogP contribution is 2.18. The minimum Gasteiger partial charge on any atom is -0.383 e. The van der Waals surface area contributed by atoms with Crippen LogP contribution in [0.3, 0.4) is 0 Å². The van der Waals surface area contributed by atoms with Gasteiger partial charge in [0.15, 0.2) is 0 Å². The van der Waals surface area contributed by atoms with Gasteiger partial charge in [0.05, 0.1) is 6.61 Å². The van der Waals surface area contributed by atoms with Gasteiger partial charge in [0.1, 0.15) is 0 Å². The van der Waals surface area contributed by atoms with Gasteiger partial charge in [-0.15, -0.1) is 11.8 Å². The van der Waals surface area contributed by atoms with Crippen LogP contribution < -0.4 is 0 Å². The number of hydrogen-bond donors (Lipinski definition) is 0. The lowest BCUT2D eigenvalue weighted by molar-refractivity contribution is 0.120. The number of thioether (sulfide) groups is 1. The van der Waals surface area contributed by atoms with E-state index >= 15 is 0 Å². The van der Waals surface area contributed by atoms with Gasteiger partial charge in [0.2, 0.25) is 0 Å². The highest BCUT2D eigenvalue weighted by Gasteiger charge is 2.14. The summed E-state index contributed by atoms with van der Waals surface area (Å²) in [7, 11) is 1.78. The minimum atomic E-state index is 0.687. The molecule has 0 aliphatic carbocycles. The standard InChI is InChI=1S/C16H27NOS/c1-4-15(5-2)17(11-13-18-3)12-14-19-16-9-7-6-8-10-16/h6-10,15H,4-5,11-14H2,1-3H3. The Morgan fingerprint density at radius 1 is 1.11 bits per heavy atom. The van der Waals surface area contributed by atoms with Crippen LogP contribution in [-0.2, 0) is 4.74 Å². The maximum Gasteiger partial charge on any atom is 0.0589 e. The SMILES string of the molecule is CCC(CC)N(CCOC)CCSc1ccccc1. The molecule has 0 spiro atoms. The fourth-order valence-corrected chi connectivity index (χ4v) is 3.20. The van der Waals surface area contributed by atoms with Crippen LogP contribution in [0.15, 0.2) is 35.2 Å². The Labute approximate surface area is 122 Å². The average molecular weight is 281 g/mol. The van der Waals surface area contributed by atoms with E-state index in [1.807, 2.05) is 11.8 Å². The summed E-state index contributed by atoms with van der Waals surface area (Å²) in [6.45, 7) is 7.55. The van der Waals surface area contributed by atoms with E-state index in [1.54, 1.807) is 7.11 Å². The molecule has 0 unspecified atom stereocenters. The zero-order chi connectivity index (χ0) is 13.9. The van der Waals surface area contributed by atoms with E-state index in [-0.39, 0.29) is 0 Å². The predicted octanol–water partition coefficient (Wildman–Crippen LogP) is 3.92. The molecule has 0 N–H and O–H groups in total. The first-order valence-corrected chi connectivity index (χ1v) is 8.21. The van der Waals surface area contributed by atoms with Crippen LogP contribution >= 0.6 is 11.8 Å². The third-order valence-electron chi connectivity index (χ3n) is 3.43. The fourth-order valence-electron chi connectivity index (χ4n) is 2.29. The highest BCUT2D eigenvalue weighted by molar-refractivity contribution is 7.99. The summed E-state index contributed by atoms with van der Waals surface area (Å²) < 4.78 is 5.23. The van der Waals surface area contributed by atoms with E-state index < -0.39 is 0 Å². The molecule has 0 aliphatic heterocycles. The Morgan fingerprint density at radius 3 is 2.37 bits per heavy atom. The molecule has 0 saturated carbocycles. The molecule has 0 heterocycles. The van der Waals surface area contributed by atoms with Crippen LogP contribution in [0.2, 0.25) is 0 Å². The first-order valence-electron chi connectivity index (χ1n) is 7.22. The van der Waals surface area contributed by atoms with Gasteiger partial charge in [0, 0.05) is 36.9 Å². The van der Waals surface area contributed by atoms with Crippen molar-refractivity contribution >= 4 is 11.8 Å². The van der Waals surface area contributed by atoms with Gasteiger partial charge in [-0.2, -0.15) is 0 Å². The molecule has 0 fully saturated rings. The zero-order valence-corrected chi connectivity index (χ0v) is 13.3. The maximum absolute atomic E-state index is 5.23. The third-order valence-corrected chi connectivity index (χ3v) is 4.42. The van der Waals surface area contributed by atoms with Crippen LogP contribution in [0.5, 0.6) is 0 Å². The molecule has 0 aliphatic rings. The normalized spacial score (nSPS) is 11.4. The molecule has 1 rings (SSSR count). The van der Waals surface area contributed by atoms with Crippen LogP contribution in [0.25, 0.3) is 0 Å². The van der Waals surface area contributed by atoms with E-state index in [0.717, 1.165) is 25.4 Å². The second kappa shape index (κ2) is 10.3. The first kappa shape index (κ1) is 16.5. The maximum atomic E-state index is 5.23. The van der Waals surface area contributed by atoms with E-state index in [0.29, 0.717) is 6.04 Å². The average Bonchev–Trinajstić information content (AvgIpc) is 2.46. The number of methoxy groups -OCH3 is 1. The topological polar surface area (TPSA) is 12.5 Å². The van der Waals surface area contributed by atoms with Gasteiger partial charge in [-0.25, -0.2) is 0 Å². The Kier molecular flexibility index (Phi) is 8.97. The smallest absolute Gasteiger partial charge is 0.0589 e. The molecular weight excluding hydrogens is 254 g/mol. The van der Waals surface area contributed by atoms with Crippen molar-refractivity contribution in [3.63, 3.8) is 0 Å². The monoisotopic (exact) mass is 281 g/mol. The van der Waals surface area contributed by atoms with Crippen LogP contribution in [-0.4, -0.2) is 43.5 Å². The summed E-state index contributed by atoms with van der Waals surface area (Å²) in [6.07, 6.45) is 2.44. The summed E-state index contributed by atoms with van der Waals surface area (Å²) in [4.78, 5) is 3.93. The Balaban J connectivity index is 2.39. The van der Waals surface area contributed by atoms with Crippen LogP contribution in [0.4, 0.5) is 0 Å². The van der Waals surface area contributed by atoms with Crippen molar-refractivity contribution in [2.75, 3.05) is 32.6 Å². The van der Waals surface area contributed by atoms with Gasteiger partial charge in [-0.05, 0) is 25.0 Å². The number of benzene rings is 1. The van der Waals surface area contributed by atoms with Crippen molar-refractivity contribution in [1.82, 2.24) is 4.90 Å². The van der Waals surface area contributed by atoms with Crippen molar-refractivity contribution in [1.29, 1.82) is 0 Å². The van der Waals surface area contributed by atoms with E-state index in [4.69, 9.17) is 4.74 Å². The third kappa shape index (κ3) is 6.46. The minimum absolute atomic E-state index is 0.687. The molecule has 2 nitrogen and oxygen atoms in total. The lowest BCUT2D eigenvalue weighted by Crippen LogP contribution is -2.38. The second-order valence-electron chi connectivity index (χ2n) is 4.66. The van der Waals surface area contributed by atoms with Crippen LogP contribution in [0.1, 0.15) is 26.7 Å². The Bertz CT molecular complexity index is 314. The number of nitrogens with zero attached hydrogens (tertiary/aromatic N) is 1. The van der Waals surface area contributed by atoms with Crippen molar-refractivity contribution in [3.8, 4) is 0 Å². The zero-order valence-electron chi connectivity index (χ0n) is 12.5. The number of hydrogen-bond acceptors (Lipinski definition) is 3. The quantitative estimate of drug-likeness (QED) is 0.603. The molecule has 108 valence electrons. The molecule has 1 aromatic rings. The van der Waals surface area contributed by atoms with Gasteiger partial charge in [-0.3, -0.25) is 4.90 Å². The molecule has 0 radical (unpaired) electrons. The summed E-state index contributed by atoms with van der Waals surface area (Å²) in [5.41, 5.74) is 0. The lowest BCUT2D eigenvalue weighted by atomic mass is 10.1. The molecule has 0 atom stereocenters. The van der Waals surface area contributed by atoms with Crippen molar-refractivity contribution in [3.05, 3.63) is 30.3 Å². The van der Waals surface area contributed by atoms with Crippen LogP contribution in [0, 0.1) is 0 Å². The van der Waals surface area contributed by atoms with E-state index in [2.05, 4.69) is 49.1 Å². The molecule has 1 aromatic carbocycles. The Morgan fingerprint density at radius 2 is 1.79 bits per heavy atom. The van der Waals surface area contributed by atoms with Gasteiger partial charge in [-0.1, -0.05) is 32.0 Å². The Hall–Kier alpha value is -0.510. The summed E-state index contributed by atoms with van der Waals surface area (Å²) >= 11 is 1.94. The second-order valence-corrected chi connectivity index (χ2v) is 5.83. The van der Waals surface area contributed by atoms with Gasteiger partial charge < -0.3 is 4.74 Å². The van der Waals surface area contributed by atoms with Gasteiger partial charge in [0.25, 0.3) is 0 Å². The molecule has 0 aromatic heterocycles. The largest absolute Gasteiger partial charge is 0.383 e. The highest BCUT2D eigenvalue weighted by atomic mass is 32.2. The predicted molar refractivity (Wildman–Crippen MR) is 85.0 cm³/mol. The molecule has 19 heavy (non-hydrogen) atoms. The first-order chi connectivity index (χ1) is 9.31. The van der Waals surface area contributed by atoms with E-state index in [1.165, 1.54) is 17.7 Å². The number of rotatable bonds is 10. The van der Waals surface area contributed by atoms with Crippen molar-refractivity contribution in [2.24, 2.45) is 0 Å². The van der Waals surface area contributed by atoms with Gasteiger partial charge >= 0.3 is 0 Å². The van der Waals surface area contributed by atoms with Crippen molar-refractivity contribution < 1.29 is 4.74 Å². The van der Waals surface area contributed by atoms with Crippen molar-refractivity contribution in [2.45, 2.75) is 37.6 Å². The summed E-state index contributed by atoms with van der Waals surface area (Å²) in [5, 5.41) is 0. The molecule has 3 heteroatoms. The molecule has 0 amide bonds. The van der Waals surface area contributed by atoms with E-state index in [9.17, 15) is 0 Å². The summed E-state index contributed by atoms with van der Waals surface area (Å²) in [5.74, 6) is 1.14. The number of ether oxygens (including phenoxy) is 1. The molecular formula is C16H27NOS. The molecule has 0 saturated heterocycles. The summed E-state index contributed by atoms with van der Waals surface area (Å²) in [6, 6.07) is 11.3. The fraction of sp³-hybridized carbons (Fsp3) is 0.625.